The van der Waals surface area contributed by atoms with Crippen LogP contribution in [0.15, 0.2) is 18.2 Å². The molecule has 0 aliphatic heterocycles. The van der Waals surface area contributed by atoms with Crippen molar-refractivity contribution in [2.75, 3.05) is 5.73 Å². The van der Waals surface area contributed by atoms with E-state index in [4.69, 9.17) is 5.73 Å². The molecule has 0 unspecified atom stereocenters. The van der Waals surface area contributed by atoms with E-state index in [0.29, 0.717) is 17.2 Å². The summed E-state index contributed by atoms with van der Waals surface area (Å²) < 4.78 is 25.9. The molecule has 2 aromatic rings. The van der Waals surface area contributed by atoms with Crippen molar-refractivity contribution in [3.05, 3.63) is 46.8 Å². The number of hydrogen-bond donors (Lipinski definition) is 3. The van der Waals surface area contributed by atoms with E-state index in [1.54, 1.807) is 0 Å². The lowest BCUT2D eigenvalue weighted by atomic mass is 10.2. The van der Waals surface area contributed by atoms with Crippen molar-refractivity contribution < 1.29 is 13.6 Å². The molecule has 21 heavy (non-hydrogen) atoms. The van der Waals surface area contributed by atoms with Crippen LogP contribution in [0.4, 0.5) is 14.5 Å². The fourth-order valence-corrected chi connectivity index (χ4v) is 2.14. The molecule has 5 nitrogen and oxygen atoms in total. The Balaban J connectivity index is 1.67. The lowest BCUT2D eigenvalue weighted by molar-refractivity contribution is 0.0946. The number of anilines is 1. The number of nitrogens with one attached hydrogen (secondary N) is 2. The monoisotopic (exact) mass is 292 g/mol. The first-order valence-corrected chi connectivity index (χ1v) is 6.62. The minimum Gasteiger partial charge on any atom is -0.395 e. The molecule has 1 aromatic heterocycles. The molecule has 1 aliphatic carbocycles. The number of nitrogens with zero attached hydrogens (tertiary/aromatic N) is 1. The lowest BCUT2D eigenvalue weighted by Gasteiger charge is -2.05. The van der Waals surface area contributed by atoms with Crippen LogP contribution >= 0.6 is 0 Å². The zero-order valence-corrected chi connectivity index (χ0v) is 11.1. The van der Waals surface area contributed by atoms with Gasteiger partial charge in [0.15, 0.2) is 17.3 Å². The number of aromatic amines is 1. The Morgan fingerprint density at radius 2 is 2.14 bits per heavy atom. The topological polar surface area (TPSA) is 83.8 Å². The van der Waals surface area contributed by atoms with Crippen LogP contribution in [0.25, 0.3) is 0 Å². The van der Waals surface area contributed by atoms with Gasteiger partial charge < -0.3 is 11.1 Å². The molecule has 110 valence electrons. The first kappa shape index (κ1) is 13.5. The predicted molar refractivity (Wildman–Crippen MR) is 72.5 cm³/mol. The van der Waals surface area contributed by atoms with E-state index in [1.165, 1.54) is 6.07 Å². The van der Waals surface area contributed by atoms with E-state index in [1.807, 2.05) is 0 Å². The van der Waals surface area contributed by atoms with E-state index < -0.39 is 17.5 Å². The first-order chi connectivity index (χ1) is 10.1. The number of carbonyl (C=O) groups is 1. The van der Waals surface area contributed by atoms with E-state index >= 15 is 0 Å². The van der Waals surface area contributed by atoms with Crippen LogP contribution < -0.4 is 11.1 Å². The third-order valence-corrected chi connectivity index (χ3v) is 3.47. The van der Waals surface area contributed by atoms with Gasteiger partial charge in [0, 0.05) is 12.5 Å². The Kier molecular flexibility index (Phi) is 3.32. The van der Waals surface area contributed by atoms with Crippen molar-refractivity contribution in [1.29, 1.82) is 0 Å². The number of nitrogens with two attached hydrogens (primary N) is 1. The maximum Gasteiger partial charge on any atom is 0.274 e. The molecular weight excluding hydrogens is 278 g/mol. The summed E-state index contributed by atoms with van der Waals surface area (Å²) in [6.45, 7) is 0.0705. The van der Waals surface area contributed by atoms with Crippen molar-refractivity contribution >= 4 is 11.6 Å². The molecular formula is C14H14F2N4O. The molecule has 3 rings (SSSR count). The van der Waals surface area contributed by atoms with Gasteiger partial charge in [-0.15, -0.1) is 0 Å². The molecule has 1 aromatic carbocycles. The Labute approximate surface area is 119 Å². The SMILES string of the molecule is Nc1c(C(=O)NCc2ccc(F)c(F)c2)n[nH]c1C1CC1. The zero-order chi connectivity index (χ0) is 15.0. The lowest BCUT2D eigenvalue weighted by Crippen LogP contribution is -2.24. The number of H-pyrrole nitrogens is 1. The van der Waals surface area contributed by atoms with Gasteiger partial charge in [0.1, 0.15) is 0 Å². The Morgan fingerprint density at radius 1 is 1.38 bits per heavy atom. The maximum atomic E-state index is 13.1. The number of carbonyl (C=O) groups excluding carboxylic acids is 1. The average molecular weight is 292 g/mol. The van der Waals surface area contributed by atoms with Gasteiger partial charge >= 0.3 is 0 Å². The Morgan fingerprint density at radius 3 is 2.81 bits per heavy atom. The van der Waals surface area contributed by atoms with Gasteiger partial charge in [0.2, 0.25) is 0 Å². The number of halogens is 2. The van der Waals surface area contributed by atoms with Crippen LogP contribution in [0.2, 0.25) is 0 Å². The number of nitrogen functional groups attached to an aromatic ring is 1. The Hall–Kier alpha value is -2.44. The fourth-order valence-electron chi connectivity index (χ4n) is 2.14. The minimum atomic E-state index is -0.947. The summed E-state index contributed by atoms with van der Waals surface area (Å²) in [6.07, 6.45) is 2.09. The fraction of sp³-hybridized carbons (Fsp3) is 0.286. The predicted octanol–water partition coefficient (Wildman–Crippen LogP) is 2.08. The van der Waals surface area contributed by atoms with Crippen LogP contribution in [-0.2, 0) is 6.54 Å². The summed E-state index contributed by atoms with van der Waals surface area (Å²) in [7, 11) is 0. The zero-order valence-electron chi connectivity index (χ0n) is 11.1. The van der Waals surface area contributed by atoms with Crippen molar-refractivity contribution in [3.63, 3.8) is 0 Å². The van der Waals surface area contributed by atoms with Crippen molar-refractivity contribution in [1.82, 2.24) is 15.5 Å². The molecule has 0 saturated heterocycles. The normalized spacial score (nSPS) is 14.2. The summed E-state index contributed by atoms with van der Waals surface area (Å²) in [5.74, 6) is -1.95. The van der Waals surface area contributed by atoms with Gasteiger partial charge in [-0.05, 0) is 30.5 Å². The highest BCUT2D eigenvalue weighted by Crippen LogP contribution is 2.42. The van der Waals surface area contributed by atoms with Crippen molar-refractivity contribution in [2.45, 2.75) is 25.3 Å². The molecule has 7 heteroatoms. The highest BCUT2D eigenvalue weighted by atomic mass is 19.2. The van der Waals surface area contributed by atoms with E-state index in [2.05, 4.69) is 15.5 Å². The molecule has 0 spiro atoms. The minimum absolute atomic E-state index is 0.0705. The largest absolute Gasteiger partial charge is 0.395 e. The second-order valence-corrected chi connectivity index (χ2v) is 5.10. The van der Waals surface area contributed by atoms with E-state index in [0.717, 1.165) is 30.7 Å². The second kappa shape index (κ2) is 5.16. The molecule has 1 aliphatic rings. The number of hydrogen-bond acceptors (Lipinski definition) is 3. The molecule has 0 atom stereocenters. The maximum absolute atomic E-state index is 13.1. The summed E-state index contributed by atoms with van der Waals surface area (Å²) >= 11 is 0. The molecule has 1 amide bonds. The van der Waals surface area contributed by atoms with Gasteiger partial charge in [0.25, 0.3) is 5.91 Å². The molecule has 0 radical (unpaired) electrons. The van der Waals surface area contributed by atoms with Crippen LogP contribution in [-0.4, -0.2) is 16.1 Å². The molecule has 1 heterocycles. The number of rotatable bonds is 4. The highest BCUT2D eigenvalue weighted by Gasteiger charge is 2.30. The van der Waals surface area contributed by atoms with Gasteiger partial charge in [-0.1, -0.05) is 6.07 Å². The summed E-state index contributed by atoms with van der Waals surface area (Å²) in [5, 5.41) is 9.30. The summed E-state index contributed by atoms with van der Waals surface area (Å²) in [5.41, 5.74) is 7.65. The smallest absolute Gasteiger partial charge is 0.274 e. The molecule has 0 bridgehead atoms. The van der Waals surface area contributed by atoms with Crippen LogP contribution in [0.1, 0.15) is 40.5 Å². The average Bonchev–Trinajstić information content (AvgIpc) is 3.23. The summed E-state index contributed by atoms with van der Waals surface area (Å²) in [4.78, 5) is 12.0. The van der Waals surface area contributed by atoms with Gasteiger partial charge in [0.05, 0.1) is 11.4 Å². The second-order valence-electron chi connectivity index (χ2n) is 5.10. The van der Waals surface area contributed by atoms with Crippen molar-refractivity contribution in [3.8, 4) is 0 Å². The number of benzene rings is 1. The Bertz CT molecular complexity index is 694. The third-order valence-electron chi connectivity index (χ3n) is 3.47. The quantitative estimate of drug-likeness (QED) is 0.806. The van der Waals surface area contributed by atoms with Crippen LogP contribution in [0.3, 0.4) is 0 Å². The van der Waals surface area contributed by atoms with Gasteiger partial charge in [-0.2, -0.15) is 5.10 Å². The molecule has 4 N–H and O–H groups in total. The van der Waals surface area contributed by atoms with Gasteiger partial charge in [-0.25, -0.2) is 8.78 Å². The molecule has 1 fully saturated rings. The van der Waals surface area contributed by atoms with E-state index in [-0.39, 0.29) is 12.2 Å². The first-order valence-electron chi connectivity index (χ1n) is 6.62. The standard InChI is InChI=1S/C14H14F2N4O/c15-9-4-1-7(5-10(9)16)6-18-14(21)13-11(17)12(19-20-13)8-2-3-8/h1,4-5,8H,2-3,6,17H2,(H,18,21)(H,19,20). The third kappa shape index (κ3) is 2.72. The highest BCUT2D eigenvalue weighted by molar-refractivity contribution is 5.97. The summed E-state index contributed by atoms with van der Waals surface area (Å²) in [6, 6.07) is 3.46. The number of aromatic nitrogens is 2. The number of amides is 1. The van der Waals surface area contributed by atoms with Gasteiger partial charge in [-0.3, -0.25) is 9.89 Å². The molecule has 1 saturated carbocycles. The van der Waals surface area contributed by atoms with Crippen LogP contribution in [0, 0.1) is 11.6 Å². The van der Waals surface area contributed by atoms with E-state index in [9.17, 15) is 13.6 Å². The van der Waals surface area contributed by atoms with Crippen LogP contribution in [0.5, 0.6) is 0 Å². The van der Waals surface area contributed by atoms with Crippen molar-refractivity contribution in [2.24, 2.45) is 0 Å².